The van der Waals surface area contributed by atoms with Crippen LogP contribution in [-0.2, 0) is 6.18 Å². The van der Waals surface area contributed by atoms with Gasteiger partial charge in [0.2, 0.25) is 0 Å². The van der Waals surface area contributed by atoms with E-state index in [1.54, 1.807) is 6.07 Å². The Morgan fingerprint density at radius 2 is 1.68 bits per heavy atom. The number of nitrogens with two attached hydrogens (primary N) is 1. The Labute approximate surface area is 113 Å². The summed E-state index contributed by atoms with van der Waals surface area (Å²) < 4.78 is 38.5. The summed E-state index contributed by atoms with van der Waals surface area (Å²) in [6.45, 7) is 0. The van der Waals surface area contributed by atoms with Crippen molar-refractivity contribution in [1.82, 2.24) is 0 Å². The summed E-state index contributed by atoms with van der Waals surface area (Å²) in [5.74, 6) is 0. The second-order valence-corrected chi connectivity index (χ2v) is 4.34. The Morgan fingerprint density at radius 1 is 1.00 bits per heavy atom. The first kappa shape index (κ1) is 13.5. The predicted octanol–water partition coefficient (Wildman–Crippen LogP) is 4.68. The largest absolute Gasteiger partial charge is 0.418 e. The van der Waals surface area contributed by atoms with Gasteiger partial charge in [-0.1, -0.05) is 23.7 Å². The van der Waals surface area contributed by atoms with E-state index < -0.39 is 11.7 Å². The maximum atomic E-state index is 12.8. The molecule has 0 aliphatic rings. The van der Waals surface area contributed by atoms with Crippen molar-refractivity contribution >= 4 is 28.7 Å². The molecule has 0 spiro atoms. The second-order valence-electron chi connectivity index (χ2n) is 3.90. The molecule has 2 aromatic carbocycles. The average molecular weight is 287 g/mol. The summed E-state index contributed by atoms with van der Waals surface area (Å²) in [5, 5.41) is 3.05. The number of hydrogen-bond acceptors (Lipinski definition) is 2. The van der Waals surface area contributed by atoms with E-state index in [2.05, 4.69) is 5.32 Å². The Bertz CT molecular complexity index is 597. The lowest BCUT2D eigenvalue weighted by molar-refractivity contribution is -0.136. The first-order valence-electron chi connectivity index (χ1n) is 5.36. The standard InChI is InChI=1S/C13H10ClF3N2/c14-8-5-6-10(18)12(7-8)19-11-4-2-1-3-9(11)13(15,16)17/h1-7,19H,18H2. The lowest BCUT2D eigenvalue weighted by atomic mass is 10.1. The quantitative estimate of drug-likeness (QED) is 0.786. The van der Waals surface area contributed by atoms with Gasteiger partial charge in [-0.25, -0.2) is 0 Å². The third-order valence-corrected chi connectivity index (χ3v) is 2.75. The molecule has 0 atom stereocenters. The van der Waals surface area contributed by atoms with Crippen LogP contribution in [0.1, 0.15) is 5.56 Å². The molecule has 0 bridgehead atoms. The number of halogens is 4. The zero-order valence-corrected chi connectivity index (χ0v) is 10.4. The third-order valence-electron chi connectivity index (χ3n) is 2.52. The van der Waals surface area contributed by atoms with Crippen LogP contribution in [0.25, 0.3) is 0 Å². The van der Waals surface area contributed by atoms with Crippen LogP contribution in [0.3, 0.4) is 0 Å². The van der Waals surface area contributed by atoms with Crippen LogP contribution in [0.2, 0.25) is 5.02 Å². The number of alkyl halides is 3. The number of benzene rings is 2. The van der Waals surface area contributed by atoms with E-state index in [1.807, 2.05) is 0 Å². The molecule has 0 aliphatic heterocycles. The number of para-hydroxylation sites is 1. The Morgan fingerprint density at radius 3 is 2.37 bits per heavy atom. The van der Waals surface area contributed by atoms with Gasteiger partial charge in [-0.2, -0.15) is 13.2 Å². The van der Waals surface area contributed by atoms with Gasteiger partial charge in [0.1, 0.15) is 0 Å². The highest BCUT2D eigenvalue weighted by molar-refractivity contribution is 6.31. The van der Waals surface area contributed by atoms with Crippen LogP contribution in [0.5, 0.6) is 0 Å². The number of nitrogens with one attached hydrogen (secondary N) is 1. The fraction of sp³-hybridized carbons (Fsp3) is 0.0769. The van der Waals surface area contributed by atoms with Gasteiger partial charge in [0.25, 0.3) is 0 Å². The Kier molecular flexibility index (Phi) is 3.57. The summed E-state index contributed by atoms with van der Waals surface area (Å²) in [4.78, 5) is 0. The van der Waals surface area contributed by atoms with E-state index in [9.17, 15) is 13.2 Å². The van der Waals surface area contributed by atoms with Gasteiger partial charge >= 0.3 is 6.18 Å². The van der Waals surface area contributed by atoms with Crippen molar-refractivity contribution in [3.8, 4) is 0 Å². The SMILES string of the molecule is Nc1ccc(Cl)cc1Nc1ccccc1C(F)(F)F. The molecule has 0 aliphatic carbocycles. The van der Waals surface area contributed by atoms with E-state index in [0.29, 0.717) is 16.4 Å². The molecule has 2 nitrogen and oxygen atoms in total. The average Bonchev–Trinajstić information content (AvgIpc) is 2.33. The fourth-order valence-corrected chi connectivity index (χ4v) is 1.79. The summed E-state index contributed by atoms with van der Waals surface area (Å²) in [6.07, 6.45) is -4.43. The minimum atomic E-state index is -4.43. The van der Waals surface area contributed by atoms with Crippen molar-refractivity contribution in [1.29, 1.82) is 0 Å². The molecule has 2 aromatic rings. The van der Waals surface area contributed by atoms with Crippen LogP contribution < -0.4 is 11.1 Å². The zero-order chi connectivity index (χ0) is 14.0. The first-order valence-corrected chi connectivity index (χ1v) is 5.74. The summed E-state index contributed by atoms with van der Waals surface area (Å²) in [5.41, 5.74) is 5.53. The molecule has 6 heteroatoms. The van der Waals surface area contributed by atoms with E-state index in [-0.39, 0.29) is 5.69 Å². The number of anilines is 3. The predicted molar refractivity (Wildman–Crippen MR) is 70.6 cm³/mol. The minimum Gasteiger partial charge on any atom is -0.397 e. The van der Waals surface area contributed by atoms with Crippen LogP contribution in [0.4, 0.5) is 30.2 Å². The van der Waals surface area contributed by atoms with Gasteiger partial charge in [0.15, 0.2) is 0 Å². The van der Waals surface area contributed by atoms with Crippen molar-refractivity contribution < 1.29 is 13.2 Å². The fourth-order valence-electron chi connectivity index (χ4n) is 1.62. The molecule has 0 heterocycles. The normalized spacial score (nSPS) is 11.4. The summed E-state index contributed by atoms with van der Waals surface area (Å²) in [6, 6.07) is 9.75. The van der Waals surface area contributed by atoms with Gasteiger partial charge in [0.05, 0.1) is 22.6 Å². The zero-order valence-electron chi connectivity index (χ0n) is 9.63. The van der Waals surface area contributed by atoms with Crippen molar-refractivity contribution in [2.45, 2.75) is 6.18 Å². The van der Waals surface area contributed by atoms with Gasteiger partial charge in [0, 0.05) is 5.02 Å². The Balaban J connectivity index is 2.41. The molecule has 19 heavy (non-hydrogen) atoms. The molecule has 0 amide bonds. The molecule has 0 fully saturated rings. The molecule has 100 valence electrons. The van der Waals surface area contributed by atoms with Crippen LogP contribution in [0, 0.1) is 0 Å². The lowest BCUT2D eigenvalue weighted by Crippen LogP contribution is -2.09. The van der Waals surface area contributed by atoms with Crippen LogP contribution in [0.15, 0.2) is 42.5 Å². The topological polar surface area (TPSA) is 38.0 Å². The van der Waals surface area contributed by atoms with Crippen molar-refractivity contribution in [3.05, 3.63) is 53.1 Å². The van der Waals surface area contributed by atoms with Gasteiger partial charge < -0.3 is 11.1 Å². The highest BCUT2D eigenvalue weighted by Crippen LogP contribution is 2.37. The smallest absolute Gasteiger partial charge is 0.397 e. The number of nitrogen functional groups attached to an aromatic ring is 1. The molecule has 2 rings (SSSR count). The molecule has 0 aromatic heterocycles. The second kappa shape index (κ2) is 5.01. The van der Waals surface area contributed by atoms with Crippen molar-refractivity contribution in [2.24, 2.45) is 0 Å². The maximum absolute atomic E-state index is 12.8. The third kappa shape index (κ3) is 3.12. The number of rotatable bonds is 2. The van der Waals surface area contributed by atoms with E-state index in [1.165, 1.54) is 30.3 Å². The molecule has 0 saturated heterocycles. The summed E-state index contributed by atoms with van der Waals surface area (Å²) in [7, 11) is 0. The maximum Gasteiger partial charge on any atom is 0.418 e. The lowest BCUT2D eigenvalue weighted by Gasteiger charge is -2.15. The highest BCUT2D eigenvalue weighted by Gasteiger charge is 2.33. The molecule has 0 unspecified atom stereocenters. The number of hydrogen-bond donors (Lipinski definition) is 2. The van der Waals surface area contributed by atoms with Gasteiger partial charge in [-0.05, 0) is 30.3 Å². The van der Waals surface area contributed by atoms with Gasteiger partial charge in [-0.3, -0.25) is 0 Å². The van der Waals surface area contributed by atoms with Crippen molar-refractivity contribution in [2.75, 3.05) is 11.1 Å². The van der Waals surface area contributed by atoms with Gasteiger partial charge in [-0.15, -0.1) is 0 Å². The van der Waals surface area contributed by atoms with Crippen LogP contribution in [-0.4, -0.2) is 0 Å². The Hall–Kier alpha value is -1.88. The van der Waals surface area contributed by atoms with E-state index in [4.69, 9.17) is 17.3 Å². The monoisotopic (exact) mass is 286 g/mol. The molecular formula is C13H10ClF3N2. The van der Waals surface area contributed by atoms with E-state index >= 15 is 0 Å². The minimum absolute atomic E-state index is 0.0658. The molecule has 0 saturated carbocycles. The van der Waals surface area contributed by atoms with Crippen molar-refractivity contribution in [3.63, 3.8) is 0 Å². The van der Waals surface area contributed by atoms with E-state index in [0.717, 1.165) is 6.07 Å². The van der Waals surface area contributed by atoms with Crippen LogP contribution >= 0.6 is 11.6 Å². The molecule has 3 N–H and O–H groups in total. The molecular weight excluding hydrogens is 277 g/mol. The summed E-state index contributed by atoms with van der Waals surface area (Å²) >= 11 is 5.79. The molecule has 0 radical (unpaired) electrons. The highest BCUT2D eigenvalue weighted by atomic mass is 35.5. The first-order chi connectivity index (χ1) is 8.88.